The molecule has 1 atom stereocenters. The smallest absolute Gasteiger partial charge is 0.565 e. The zero-order chi connectivity index (χ0) is 18.6. The normalized spacial score (nSPS) is 15.1. The zero-order valence-electron chi connectivity index (χ0n) is 13.9. The van der Waals surface area contributed by atoms with Crippen molar-refractivity contribution in [2.75, 3.05) is 0 Å². The van der Waals surface area contributed by atoms with Crippen molar-refractivity contribution in [2.24, 2.45) is 5.16 Å². The van der Waals surface area contributed by atoms with Crippen LogP contribution in [0.1, 0.15) is 23.8 Å². The van der Waals surface area contributed by atoms with Crippen LogP contribution in [0.4, 0.5) is 13.6 Å². The Morgan fingerprint density at radius 3 is 2.46 bits per heavy atom. The number of oxime groups is 1. The van der Waals surface area contributed by atoms with E-state index in [0.717, 1.165) is 5.56 Å². The van der Waals surface area contributed by atoms with Crippen LogP contribution in [0.25, 0.3) is 11.1 Å². The molecule has 132 valence electrons. The van der Waals surface area contributed by atoms with E-state index in [-0.39, 0.29) is 35.1 Å². The van der Waals surface area contributed by atoms with E-state index in [1.54, 1.807) is 12.3 Å². The maximum atomic E-state index is 14.1. The second-order valence-corrected chi connectivity index (χ2v) is 5.99. The third-order valence-corrected chi connectivity index (χ3v) is 3.69. The van der Waals surface area contributed by atoms with Crippen molar-refractivity contribution in [3.8, 4) is 11.1 Å². The van der Waals surface area contributed by atoms with Gasteiger partial charge in [0, 0.05) is 18.2 Å². The van der Waals surface area contributed by atoms with Crippen molar-refractivity contribution in [3.63, 3.8) is 0 Å². The molecule has 3 rings (SSSR count). The number of nitrogens with zero attached hydrogens (tertiary/aromatic N) is 2. The van der Waals surface area contributed by atoms with E-state index in [9.17, 15) is 8.78 Å². The minimum absolute atomic E-state index is 0. The molecular formula is C16H12BrF2N2NaO4. The van der Waals surface area contributed by atoms with Gasteiger partial charge in [0.05, 0.1) is 11.3 Å². The number of hydrogen-bond donors (Lipinski definition) is 1. The minimum atomic E-state index is -2.08. The molecule has 0 radical (unpaired) electrons. The van der Waals surface area contributed by atoms with Crippen LogP contribution >= 0.6 is 15.9 Å². The molecule has 2 heterocycles. The van der Waals surface area contributed by atoms with Crippen LogP contribution < -0.4 is 34.7 Å². The molecular weight excluding hydrogens is 425 g/mol. The predicted molar refractivity (Wildman–Crippen MR) is 87.2 cm³/mol. The number of aromatic nitrogens is 1. The molecule has 1 unspecified atom stereocenters. The van der Waals surface area contributed by atoms with Crippen LogP contribution in [-0.2, 0) is 4.84 Å². The van der Waals surface area contributed by atoms with Gasteiger partial charge in [-0.15, -0.1) is 0 Å². The average Bonchev–Trinajstić information content (AvgIpc) is 2.93. The average molecular weight is 437 g/mol. The van der Waals surface area contributed by atoms with Crippen molar-refractivity contribution in [1.82, 2.24) is 4.98 Å². The number of hydrogen-bond acceptors (Lipinski definition) is 5. The summed E-state index contributed by atoms with van der Waals surface area (Å²) in [6.07, 6.45) is -0.402. The monoisotopic (exact) mass is 436 g/mol. The van der Waals surface area contributed by atoms with Crippen molar-refractivity contribution >= 4 is 26.7 Å². The largest absolute Gasteiger partial charge is 1.00 e. The van der Waals surface area contributed by atoms with Crippen molar-refractivity contribution in [2.45, 2.75) is 19.4 Å². The van der Waals surface area contributed by atoms with Gasteiger partial charge in [-0.25, -0.2) is 8.78 Å². The first-order valence-corrected chi connectivity index (χ1v) is 7.78. The molecule has 1 aliphatic heterocycles. The number of carboxylic acid groups (broad SMARTS) is 2. The van der Waals surface area contributed by atoms with Gasteiger partial charge < -0.3 is 19.8 Å². The Morgan fingerprint density at radius 1 is 1.38 bits per heavy atom. The summed E-state index contributed by atoms with van der Waals surface area (Å²) in [7, 11) is 0. The molecule has 0 bridgehead atoms. The number of aryl methyl sites for hydroxylation is 1. The van der Waals surface area contributed by atoms with Crippen LogP contribution in [0.5, 0.6) is 0 Å². The summed E-state index contributed by atoms with van der Waals surface area (Å²) in [4.78, 5) is 18.0. The third kappa shape index (κ3) is 5.73. The Labute approximate surface area is 178 Å². The molecule has 1 N–H and O–H groups in total. The fraction of sp³-hybridized carbons (Fsp3) is 0.188. The zero-order valence-corrected chi connectivity index (χ0v) is 17.5. The van der Waals surface area contributed by atoms with Gasteiger partial charge in [-0.2, -0.15) is 0 Å². The molecule has 1 aromatic carbocycles. The SMILES string of the molecule is Cc1cnc(C2CC(Br)=NO2)c(-c2c(F)cccc2F)c1.O=C([O-])O.[Na+]. The summed E-state index contributed by atoms with van der Waals surface area (Å²) in [5, 5.41) is 19.1. The molecule has 0 fully saturated rings. The summed E-state index contributed by atoms with van der Waals surface area (Å²) in [6.45, 7) is 1.82. The number of benzene rings is 1. The maximum absolute atomic E-state index is 14.1. The number of halogens is 3. The fourth-order valence-electron chi connectivity index (χ4n) is 2.29. The molecule has 0 amide bonds. The van der Waals surface area contributed by atoms with E-state index in [4.69, 9.17) is 19.8 Å². The van der Waals surface area contributed by atoms with E-state index in [1.165, 1.54) is 18.2 Å². The molecule has 1 aromatic heterocycles. The minimum Gasteiger partial charge on any atom is -0.565 e. The predicted octanol–water partition coefficient (Wildman–Crippen LogP) is 0.397. The second kappa shape index (κ2) is 9.96. The van der Waals surface area contributed by atoms with Gasteiger partial charge in [-0.05, 0) is 46.6 Å². The van der Waals surface area contributed by atoms with E-state index < -0.39 is 23.9 Å². The second-order valence-electron chi connectivity index (χ2n) is 5.07. The van der Waals surface area contributed by atoms with E-state index in [1.807, 2.05) is 6.92 Å². The molecule has 0 saturated heterocycles. The Hall–Kier alpha value is -1.55. The summed E-state index contributed by atoms with van der Waals surface area (Å²) < 4.78 is 28.8. The van der Waals surface area contributed by atoms with Crippen LogP contribution in [0.2, 0.25) is 0 Å². The molecule has 6 nitrogen and oxygen atoms in total. The Bertz CT molecular complexity index is 812. The van der Waals surface area contributed by atoms with Gasteiger partial charge in [0.1, 0.15) is 16.3 Å². The standard InChI is InChI=1S/C15H11BrF2N2O.CH2O3.Na/c1-8-5-9(14-10(17)3-2-4-11(14)18)15(19-7-8)12-6-13(16)20-21-12;2-1(3)4;/h2-5,7,12H,6H2,1H3;(H2,2,3,4);/q;;+1/p-1. The number of pyridine rings is 1. The molecule has 1 aliphatic rings. The fourth-order valence-corrected chi connectivity index (χ4v) is 2.66. The van der Waals surface area contributed by atoms with Gasteiger partial charge in [0.2, 0.25) is 6.16 Å². The van der Waals surface area contributed by atoms with Gasteiger partial charge in [-0.1, -0.05) is 11.2 Å². The summed E-state index contributed by atoms with van der Waals surface area (Å²) in [6, 6.07) is 5.50. The van der Waals surface area contributed by atoms with E-state index in [2.05, 4.69) is 26.1 Å². The van der Waals surface area contributed by atoms with E-state index in [0.29, 0.717) is 22.3 Å². The summed E-state index contributed by atoms with van der Waals surface area (Å²) in [5.41, 5.74) is 1.60. The van der Waals surface area contributed by atoms with Crippen molar-refractivity contribution in [1.29, 1.82) is 0 Å². The number of rotatable bonds is 2. The maximum Gasteiger partial charge on any atom is 1.00 e. The third-order valence-electron chi connectivity index (χ3n) is 3.23. The van der Waals surface area contributed by atoms with Gasteiger partial charge in [0.25, 0.3) is 0 Å². The molecule has 0 spiro atoms. The summed E-state index contributed by atoms with van der Waals surface area (Å²) in [5.74, 6) is -1.25. The molecule has 2 aromatic rings. The molecule has 0 aliphatic carbocycles. The molecule has 0 saturated carbocycles. The quantitative estimate of drug-likeness (QED) is 0.687. The van der Waals surface area contributed by atoms with Crippen molar-refractivity contribution in [3.05, 3.63) is 53.4 Å². The van der Waals surface area contributed by atoms with Gasteiger partial charge in [0.15, 0.2) is 6.10 Å². The molecule has 10 heteroatoms. The van der Waals surface area contributed by atoms with Crippen LogP contribution in [0.15, 0.2) is 35.6 Å². The Kier molecular flexibility index (Phi) is 8.61. The van der Waals surface area contributed by atoms with Crippen molar-refractivity contribution < 1.29 is 58.2 Å². The Balaban J connectivity index is 0.000000616. The topological polar surface area (TPSA) is 94.8 Å². The van der Waals surface area contributed by atoms with Crippen LogP contribution in [0.3, 0.4) is 0 Å². The van der Waals surface area contributed by atoms with E-state index >= 15 is 0 Å². The van der Waals surface area contributed by atoms with Crippen LogP contribution in [-0.4, -0.2) is 20.9 Å². The van der Waals surface area contributed by atoms with Gasteiger partial charge in [-0.3, -0.25) is 4.98 Å². The Morgan fingerprint density at radius 2 is 1.96 bits per heavy atom. The van der Waals surface area contributed by atoms with Gasteiger partial charge >= 0.3 is 29.6 Å². The van der Waals surface area contributed by atoms with Crippen LogP contribution in [0, 0.1) is 18.6 Å². The number of carbonyl (C=O) groups is 1. The first-order valence-electron chi connectivity index (χ1n) is 6.98. The first kappa shape index (κ1) is 22.5. The first-order chi connectivity index (χ1) is 11.8. The molecule has 26 heavy (non-hydrogen) atoms. The summed E-state index contributed by atoms with van der Waals surface area (Å²) >= 11 is 3.25.